The fourth-order valence-electron chi connectivity index (χ4n) is 3.00. The highest BCUT2D eigenvalue weighted by Gasteiger charge is 2.24. The zero-order valence-corrected chi connectivity index (χ0v) is 17.1. The molecule has 4 rings (SSSR count). The van der Waals surface area contributed by atoms with Crippen molar-refractivity contribution in [2.45, 2.75) is 0 Å². The summed E-state index contributed by atoms with van der Waals surface area (Å²) in [7, 11) is 0. The van der Waals surface area contributed by atoms with Crippen LogP contribution in [0.4, 0.5) is 22.0 Å². The first-order valence-electron chi connectivity index (χ1n) is 9.71. The Balaban J connectivity index is 1.67. The number of hydrazone groups is 1. The second-order valence-electron chi connectivity index (χ2n) is 6.88. The van der Waals surface area contributed by atoms with E-state index in [1.807, 2.05) is 17.6 Å². The number of halogens is 5. The first kappa shape index (κ1) is 22.7. The number of nitrogens with one attached hydrogen (secondary N) is 1. The second kappa shape index (κ2) is 9.57. The smallest absolute Gasteiger partial charge is 0.264 e. The van der Waals surface area contributed by atoms with Gasteiger partial charge in [0, 0.05) is 11.1 Å². The van der Waals surface area contributed by atoms with Crippen LogP contribution in [0, 0.1) is 29.1 Å². The Labute approximate surface area is 189 Å². The number of carbonyl (C=O) groups excluding carboxylic acids is 1. The number of benzene rings is 3. The number of rotatable bonds is 5. The Morgan fingerprint density at radius 2 is 1.15 bits per heavy atom. The van der Waals surface area contributed by atoms with Crippen molar-refractivity contribution >= 4 is 12.1 Å². The maximum absolute atomic E-state index is 13.8. The molecule has 0 radical (unpaired) electrons. The van der Waals surface area contributed by atoms with Crippen LogP contribution in [-0.4, -0.2) is 22.1 Å². The van der Waals surface area contributed by atoms with E-state index < -0.39 is 40.6 Å². The molecule has 170 valence electrons. The van der Waals surface area contributed by atoms with Crippen molar-refractivity contribution in [3.63, 3.8) is 0 Å². The van der Waals surface area contributed by atoms with Gasteiger partial charge in [0.1, 0.15) is 0 Å². The predicted molar refractivity (Wildman–Crippen MR) is 114 cm³/mol. The second-order valence-corrected chi connectivity index (χ2v) is 6.88. The summed E-state index contributed by atoms with van der Waals surface area (Å²) in [5.74, 6) is -12.0. The quantitative estimate of drug-likeness (QED) is 0.143. The normalized spacial score (nSPS) is 11.1. The molecule has 1 N–H and O–H groups in total. The molecule has 0 bridgehead atoms. The van der Waals surface area contributed by atoms with Gasteiger partial charge in [-0.15, -0.1) is 0 Å². The van der Waals surface area contributed by atoms with E-state index in [2.05, 4.69) is 15.1 Å². The fraction of sp³-hybridized carbons (Fsp3) is 0. The lowest BCUT2D eigenvalue weighted by molar-refractivity contribution is 0.0945. The van der Waals surface area contributed by atoms with Gasteiger partial charge in [-0.3, -0.25) is 4.79 Å². The third kappa shape index (κ3) is 4.51. The molecule has 0 aliphatic heterocycles. The van der Waals surface area contributed by atoms with E-state index in [4.69, 9.17) is 0 Å². The summed E-state index contributed by atoms with van der Waals surface area (Å²) in [6.45, 7) is 0. The summed E-state index contributed by atoms with van der Waals surface area (Å²) in [6, 6.07) is 19.6. The molecule has 0 unspecified atom stereocenters. The highest BCUT2D eigenvalue weighted by atomic mass is 19.2. The van der Waals surface area contributed by atoms with Gasteiger partial charge in [0.25, 0.3) is 0 Å². The summed E-state index contributed by atoms with van der Waals surface area (Å²) >= 11 is 0. The lowest BCUT2D eigenvalue weighted by Crippen LogP contribution is -2.21. The van der Waals surface area contributed by atoms with Gasteiger partial charge in [-0.25, -0.2) is 37.3 Å². The van der Waals surface area contributed by atoms with E-state index in [1.165, 1.54) is 0 Å². The Morgan fingerprint density at radius 3 is 1.62 bits per heavy atom. The number of amides is 1. The fourth-order valence-corrected chi connectivity index (χ4v) is 3.00. The lowest BCUT2D eigenvalue weighted by atomic mass is 10.1. The molecule has 1 heterocycles. The first-order valence-corrected chi connectivity index (χ1v) is 9.71. The minimum absolute atomic E-state index is 0.313. The van der Waals surface area contributed by atoms with Gasteiger partial charge in [0.2, 0.25) is 11.6 Å². The summed E-state index contributed by atoms with van der Waals surface area (Å²) in [5.41, 5.74) is 2.87. The summed E-state index contributed by atoms with van der Waals surface area (Å²) < 4.78 is 67.4. The molecule has 0 saturated carbocycles. The lowest BCUT2D eigenvalue weighted by Gasteiger charge is -2.08. The Morgan fingerprint density at radius 1 is 0.706 bits per heavy atom. The Kier molecular flexibility index (Phi) is 6.39. The van der Waals surface area contributed by atoms with E-state index in [-0.39, 0.29) is 5.82 Å². The van der Waals surface area contributed by atoms with Gasteiger partial charge < -0.3 is 0 Å². The molecule has 1 amide bonds. The van der Waals surface area contributed by atoms with E-state index in [1.54, 1.807) is 54.6 Å². The highest BCUT2D eigenvalue weighted by molar-refractivity contribution is 5.92. The molecule has 4 aromatic rings. The van der Waals surface area contributed by atoms with Crippen LogP contribution >= 0.6 is 0 Å². The van der Waals surface area contributed by atoms with Crippen LogP contribution in [0.5, 0.6) is 0 Å². The van der Waals surface area contributed by atoms with Crippen LogP contribution < -0.4 is 5.43 Å². The summed E-state index contributed by atoms with van der Waals surface area (Å²) in [4.78, 5) is 21.0. The average Bonchev–Trinajstić information content (AvgIpc) is 2.89. The Hall–Kier alpha value is -4.47. The van der Waals surface area contributed by atoms with Gasteiger partial charge >= 0.3 is 5.91 Å². The maximum Gasteiger partial charge on any atom is 0.309 e. The molecule has 0 atom stereocenters. The molecule has 34 heavy (non-hydrogen) atoms. The third-order valence-electron chi connectivity index (χ3n) is 4.67. The standard InChI is InChI=1S/C24H13F5N4O/c25-18-15(19(26)21(28)22(29)20(18)27)12-30-33-24(34)23-31-16(13-7-3-1-4-8-13)11-17(32-23)14-9-5-2-6-10-14/h1-12H,(H,33,34)/b30-12-. The monoisotopic (exact) mass is 468 g/mol. The zero-order chi connectivity index (χ0) is 24.2. The van der Waals surface area contributed by atoms with Crippen LogP contribution in [-0.2, 0) is 0 Å². The largest absolute Gasteiger partial charge is 0.309 e. The van der Waals surface area contributed by atoms with E-state index in [0.29, 0.717) is 28.7 Å². The van der Waals surface area contributed by atoms with Crippen LogP contribution in [0.3, 0.4) is 0 Å². The molecule has 3 aromatic carbocycles. The predicted octanol–water partition coefficient (Wildman–Crippen LogP) is 5.27. The van der Waals surface area contributed by atoms with Crippen LogP contribution in [0.2, 0.25) is 0 Å². The van der Waals surface area contributed by atoms with Gasteiger partial charge in [-0.2, -0.15) is 5.10 Å². The number of aromatic nitrogens is 2. The number of hydrogen-bond donors (Lipinski definition) is 1. The third-order valence-corrected chi connectivity index (χ3v) is 4.67. The van der Waals surface area contributed by atoms with Crippen molar-refractivity contribution in [3.05, 3.63) is 107 Å². The van der Waals surface area contributed by atoms with E-state index >= 15 is 0 Å². The van der Waals surface area contributed by atoms with Crippen molar-refractivity contribution in [3.8, 4) is 22.5 Å². The van der Waals surface area contributed by atoms with E-state index in [0.717, 1.165) is 0 Å². The molecule has 0 aliphatic rings. The van der Waals surface area contributed by atoms with Crippen LogP contribution in [0.15, 0.2) is 71.8 Å². The molecule has 1 aromatic heterocycles. The minimum atomic E-state index is -2.30. The Bertz CT molecular complexity index is 1310. The first-order chi connectivity index (χ1) is 16.4. The topological polar surface area (TPSA) is 67.2 Å². The highest BCUT2D eigenvalue weighted by Crippen LogP contribution is 2.24. The van der Waals surface area contributed by atoms with Crippen molar-refractivity contribution in [2.75, 3.05) is 0 Å². The van der Waals surface area contributed by atoms with Crippen LogP contribution in [0.25, 0.3) is 22.5 Å². The minimum Gasteiger partial charge on any atom is -0.264 e. The van der Waals surface area contributed by atoms with Crippen molar-refractivity contribution in [1.29, 1.82) is 0 Å². The van der Waals surface area contributed by atoms with Gasteiger partial charge in [0.05, 0.1) is 23.2 Å². The molecule has 0 aliphatic carbocycles. The van der Waals surface area contributed by atoms with Crippen LogP contribution in [0.1, 0.15) is 16.2 Å². The maximum atomic E-state index is 13.8. The summed E-state index contributed by atoms with van der Waals surface area (Å²) in [6.07, 6.45) is 0.313. The average molecular weight is 468 g/mol. The van der Waals surface area contributed by atoms with Gasteiger partial charge in [-0.05, 0) is 6.07 Å². The number of nitrogens with zero attached hydrogens (tertiary/aromatic N) is 3. The molecular formula is C24H13F5N4O. The molecule has 0 spiro atoms. The number of carbonyl (C=O) groups is 1. The van der Waals surface area contributed by atoms with Gasteiger partial charge in [0.15, 0.2) is 23.3 Å². The van der Waals surface area contributed by atoms with Crippen molar-refractivity contribution in [1.82, 2.24) is 15.4 Å². The molecular weight excluding hydrogens is 455 g/mol. The zero-order valence-electron chi connectivity index (χ0n) is 17.1. The number of hydrogen-bond acceptors (Lipinski definition) is 4. The summed E-state index contributed by atoms with van der Waals surface area (Å²) in [5, 5.41) is 3.32. The van der Waals surface area contributed by atoms with Crippen molar-refractivity contribution in [2.24, 2.45) is 5.10 Å². The van der Waals surface area contributed by atoms with E-state index in [9.17, 15) is 26.7 Å². The van der Waals surface area contributed by atoms with Crippen molar-refractivity contribution < 1.29 is 26.7 Å². The molecule has 0 saturated heterocycles. The SMILES string of the molecule is O=C(N/N=C\c1c(F)c(F)c(F)c(F)c1F)c1nc(-c2ccccc2)cc(-c2ccccc2)n1. The van der Waals surface area contributed by atoms with Gasteiger partial charge in [-0.1, -0.05) is 60.7 Å². The molecule has 0 fully saturated rings. The molecule has 5 nitrogen and oxygen atoms in total. The molecule has 10 heteroatoms.